The van der Waals surface area contributed by atoms with Crippen molar-refractivity contribution in [2.45, 2.75) is 6.92 Å². The molecule has 21 heavy (non-hydrogen) atoms. The predicted molar refractivity (Wildman–Crippen MR) is 80.3 cm³/mol. The van der Waals surface area contributed by atoms with Crippen molar-refractivity contribution in [3.05, 3.63) is 38.8 Å². The van der Waals surface area contributed by atoms with E-state index in [2.05, 4.69) is 15.5 Å². The summed E-state index contributed by atoms with van der Waals surface area (Å²) >= 11 is 12.6. The molecule has 0 aliphatic rings. The Hall–Kier alpha value is -1.70. The van der Waals surface area contributed by atoms with Crippen LogP contribution in [0.2, 0.25) is 10.0 Å². The number of aromatic nitrogens is 2. The molecular formula is C12H9Cl2N3O3S. The molecule has 110 valence electrons. The van der Waals surface area contributed by atoms with Gasteiger partial charge in [-0.25, -0.2) is 4.79 Å². The summed E-state index contributed by atoms with van der Waals surface area (Å²) in [6.45, 7) is 1.92. The van der Waals surface area contributed by atoms with Gasteiger partial charge in [0.25, 0.3) is 5.91 Å². The number of anilines is 1. The Balaban J connectivity index is 2.11. The van der Waals surface area contributed by atoms with Gasteiger partial charge < -0.3 is 4.74 Å². The SMILES string of the molecule is CCOC(=O)c1nnc(NC(=O)c2cc(Cl)cc(Cl)c2)s1. The van der Waals surface area contributed by atoms with Crippen molar-refractivity contribution in [3.8, 4) is 0 Å². The second-order valence-electron chi connectivity index (χ2n) is 3.75. The molecule has 6 nitrogen and oxygen atoms in total. The third kappa shape index (κ3) is 4.13. The summed E-state index contributed by atoms with van der Waals surface area (Å²) in [6, 6.07) is 4.45. The lowest BCUT2D eigenvalue weighted by molar-refractivity contribution is 0.0525. The first-order valence-corrected chi connectivity index (χ1v) is 7.35. The van der Waals surface area contributed by atoms with E-state index in [0.29, 0.717) is 10.0 Å². The van der Waals surface area contributed by atoms with Gasteiger partial charge in [-0.05, 0) is 25.1 Å². The van der Waals surface area contributed by atoms with E-state index in [-0.39, 0.29) is 22.3 Å². The Kier molecular flexibility index (Phi) is 5.11. The molecule has 9 heteroatoms. The van der Waals surface area contributed by atoms with Gasteiger partial charge in [-0.15, -0.1) is 10.2 Å². The molecule has 0 unspecified atom stereocenters. The molecule has 0 bridgehead atoms. The maximum atomic E-state index is 12.0. The lowest BCUT2D eigenvalue weighted by Crippen LogP contribution is -2.11. The molecule has 0 saturated carbocycles. The van der Waals surface area contributed by atoms with Gasteiger partial charge in [-0.3, -0.25) is 10.1 Å². The fraction of sp³-hybridized carbons (Fsp3) is 0.167. The number of nitrogens with zero attached hydrogens (tertiary/aromatic N) is 2. The number of halogens is 2. The molecule has 1 aromatic carbocycles. The summed E-state index contributed by atoms with van der Waals surface area (Å²) in [7, 11) is 0. The van der Waals surface area contributed by atoms with Crippen LogP contribution in [-0.2, 0) is 4.74 Å². The van der Waals surface area contributed by atoms with Crippen LogP contribution in [-0.4, -0.2) is 28.7 Å². The molecule has 1 N–H and O–H groups in total. The number of carbonyl (C=O) groups excluding carboxylic acids is 2. The Labute approximate surface area is 134 Å². The van der Waals surface area contributed by atoms with Crippen LogP contribution in [0.15, 0.2) is 18.2 Å². The summed E-state index contributed by atoms with van der Waals surface area (Å²) in [5.74, 6) is -1.03. The fourth-order valence-electron chi connectivity index (χ4n) is 1.40. The van der Waals surface area contributed by atoms with Gasteiger partial charge in [-0.1, -0.05) is 34.5 Å². The fourth-order valence-corrected chi connectivity index (χ4v) is 2.56. The van der Waals surface area contributed by atoms with Gasteiger partial charge in [0.1, 0.15) is 0 Å². The molecule has 1 amide bonds. The van der Waals surface area contributed by atoms with E-state index < -0.39 is 11.9 Å². The summed E-state index contributed by atoms with van der Waals surface area (Å²) in [6.07, 6.45) is 0. The minimum Gasteiger partial charge on any atom is -0.461 e. The lowest BCUT2D eigenvalue weighted by atomic mass is 10.2. The van der Waals surface area contributed by atoms with Crippen LogP contribution in [0.3, 0.4) is 0 Å². The number of rotatable bonds is 4. The molecule has 2 rings (SSSR count). The van der Waals surface area contributed by atoms with E-state index >= 15 is 0 Å². The minimum absolute atomic E-state index is 0.0660. The second-order valence-corrected chi connectivity index (χ2v) is 5.60. The number of carbonyl (C=O) groups is 2. The molecule has 0 atom stereocenters. The largest absolute Gasteiger partial charge is 0.461 e. The number of benzene rings is 1. The van der Waals surface area contributed by atoms with E-state index in [4.69, 9.17) is 27.9 Å². The minimum atomic E-state index is -0.582. The average Bonchev–Trinajstić information content (AvgIpc) is 2.86. The van der Waals surface area contributed by atoms with Crippen molar-refractivity contribution in [1.29, 1.82) is 0 Å². The van der Waals surface area contributed by atoms with E-state index in [1.54, 1.807) is 6.92 Å². The van der Waals surface area contributed by atoms with E-state index in [1.165, 1.54) is 18.2 Å². The van der Waals surface area contributed by atoms with Crippen molar-refractivity contribution < 1.29 is 14.3 Å². The Bertz CT molecular complexity index is 670. The number of ether oxygens (including phenoxy) is 1. The van der Waals surface area contributed by atoms with Crippen molar-refractivity contribution in [3.63, 3.8) is 0 Å². The van der Waals surface area contributed by atoms with Crippen LogP contribution in [0.5, 0.6) is 0 Å². The number of esters is 1. The Morgan fingerprint density at radius 2 is 1.90 bits per heavy atom. The monoisotopic (exact) mass is 345 g/mol. The first kappa shape index (κ1) is 15.7. The van der Waals surface area contributed by atoms with Crippen LogP contribution in [0.1, 0.15) is 27.1 Å². The highest BCUT2D eigenvalue weighted by molar-refractivity contribution is 7.17. The molecule has 0 spiro atoms. The summed E-state index contributed by atoms with van der Waals surface area (Å²) in [5, 5.41) is 10.8. The van der Waals surface area contributed by atoms with E-state index in [9.17, 15) is 9.59 Å². The molecule has 0 radical (unpaired) electrons. The maximum Gasteiger partial charge on any atom is 0.369 e. The lowest BCUT2D eigenvalue weighted by Gasteiger charge is -2.02. The summed E-state index contributed by atoms with van der Waals surface area (Å²) < 4.78 is 4.78. The van der Waals surface area contributed by atoms with Crippen LogP contribution >= 0.6 is 34.5 Å². The van der Waals surface area contributed by atoms with Crippen molar-refractivity contribution in [1.82, 2.24) is 10.2 Å². The number of nitrogens with one attached hydrogen (secondary N) is 1. The first-order chi connectivity index (χ1) is 9.99. The highest BCUT2D eigenvalue weighted by Crippen LogP contribution is 2.21. The molecular weight excluding hydrogens is 337 g/mol. The van der Waals surface area contributed by atoms with Crippen LogP contribution in [0, 0.1) is 0 Å². The van der Waals surface area contributed by atoms with Crippen molar-refractivity contribution in [2.75, 3.05) is 11.9 Å². The molecule has 2 aromatic rings. The number of amides is 1. The zero-order valence-corrected chi connectivity index (χ0v) is 13.1. The molecule has 0 fully saturated rings. The van der Waals surface area contributed by atoms with Gasteiger partial charge in [0.15, 0.2) is 0 Å². The topological polar surface area (TPSA) is 81.2 Å². The maximum absolute atomic E-state index is 12.0. The van der Waals surface area contributed by atoms with Crippen LogP contribution < -0.4 is 5.32 Å². The molecule has 0 saturated heterocycles. The van der Waals surface area contributed by atoms with Crippen LogP contribution in [0.25, 0.3) is 0 Å². The molecule has 0 aliphatic heterocycles. The van der Waals surface area contributed by atoms with Gasteiger partial charge in [0.05, 0.1) is 6.61 Å². The predicted octanol–water partition coefficient (Wildman–Crippen LogP) is 3.27. The highest BCUT2D eigenvalue weighted by atomic mass is 35.5. The normalized spacial score (nSPS) is 10.2. The highest BCUT2D eigenvalue weighted by Gasteiger charge is 2.16. The van der Waals surface area contributed by atoms with Gasteiger partial charge >= 0.3 is 5.97 Å². The molecule has 0 aliphatic carbocycles. The van der Waals surface area contributed by atoms with Gasteiger partial charge in [0.2, 0.25) is 10.1 Å². The smallest absolute Gasteiger partial charge is 0.369 e. The van der Waals surface area contributed by atoms with E-state index in [0.717, 1.165) is 11.3 Å². The molecule has 1 heterocycles. The third-order valence-corrected chi connectivity index (χ3v) is 3.48. The Morgan fingerprint density at radius 3 is 2.52 bits per heavy atom. The first-order valence-electron chi connectivity index (χ1n) is 5.77. The zero-order chi connectivity index (χ0) is 15.4. The average molecular weight is 346 g/mol. The van der Waals surface area contributed by atoms with Crippen LogP contribution in [0.4, 0.5) is 5.13 Å². The quantitative estimate of drug-likeness (QED) is 0.860. The second kappa shape index (κ2) is 6.84. The van der Waals surface area contributed by atoms with Crippen molar-refractivity contribution in [2.24, 2.45) is 0 Å². The zero-order valence-electron chi connectivity index (χ0n) is 10.7. The number of hydrogen-bond acceptors (Lipinski definition) is 6. The molecule has 1 aromatic heterocycles. The number of hydrogen-bond donors (Lipinski definition) is 1. The van der Waals surface area contributed by atoms with Gasteiger partial charge in [0, 0.05) is 15.6 Å². The summed E-state index contributed by atoms with van der Waals surface area (Å²) in [4.78, 5) is 23.5. The third-order valence-electron chi connectivity index (χ3n) is 2.22. The summed E-state index contributed by atoms with van der Waals surface area (Å²) in [5.41, 5.74) is 0.278. The standard InChI is InChI=1S/C12H9Cl2N3O3S/c1-2-20-11(19)10-16-17-12(21-10)15-9(18)6-3-7(13)5-8(14)4-6/h3-5H,2H2,1H3,(H,15,17,18). The van der Waals surface area contributed by atoms with Crippen molar-refractivity contribution >= 4 is 51.5 Å². The van der Waals surface area contributed by atoms with E-state index in [1.807, 2.05) is 0 Å². The Morgan fingerprint density at radius 1 is 1.24 bits per heavy atom. The van der Waals surface area contributed by atoms with Gasteiger partial charge in [-0.2, -0.15) is 0 Å².